The van der Waals surface area contributed by atoms with E-state index in [0.717, 1.165) is 62.7 Å². The van der Waals surface area contributed by atoms with Gasteiger partial charge in [-0.2, -0.15) is 5.10 Å². The number of hydrogen-bond donors (Lipinski definition) is 2. The first-order valence-corrected chi connectivity index (χ1v) is 9.16. The van der Waals surface area contributed by atoms with Crippen molar-refractivity contribution >= 4 is 5.91 Å². The molecule has 0 bridgehead atoms. The number of amides is 1. The van der Waals surface area contributed by atoms with Crippen LogP contribution in [-0.4, -0.2) is 71.8 Å². The Balaban J connectivity index is 1.32. The van der Waals surface area contributed by atoms with E-state index in [1.165, 1.54) is 0 Å². The highest BCUT2D eigenvalue weighted by molar-refractivity contribution is 5.73. The molecule has 1 amide bonds. The minimum absolute atomic E-state index is 0.210. The van der Waals surface area contributed by atoms with Crippen LogP contribution in [0.25, 0.3) is 11.3 Å². The summed E-state index contributed by atoms with van der Waals surface area (Å²) in [4.78, 5) is 15.6. The normalized spacial score (nSPS) is 15.8. The number of aromatic nitrogens is 2. The van der Waals surface area contributed by atoms with Crippen LogP contribution in [-0.2, 0) is 4.79 Å². The molecule has 0 unspecified atom stereocenters. The first-order valence-electron chi connectivity index (χ1n) is 9.16. The Kier molecular flexibility index (Phi) is 6.62. The third kappa shape index (κ3) is 5.57. The molecule has 1 aromatic carbocycles. The van der Waals surface area contributed by atoms with Crippen molar-refractivity contribution in [3.63, 3.8) is 0 Å². The van der Waals surface area contributed by atoms with Crippen molar-refractivity contribution in [1.29, 1.82) is 0 Å². The first-order chi connectivity index (χ1) is 12.7. The number of rotatable bonds is 9. The number of hydrogen-bond acceptors (Lipinski definition) is 5. The molecule has 1 aliphatic rings. The van der Waals surface area contributed by atoms with Gasteiger partial charge >= 0.3 is 0 Å². The van der Waals surface area contributed by atoms with Gasteiger partial charge in [0.1, 0.15) is 12.4 Å². The molecule has 26 heavy (non-hydrogen) atoms. The maximum absolute atomic E-state index is 10.8. The molecule has 1 aliphatic heterocycles. The van der Waals surface area contributed by atoms with E-state index in [-0.39, 0.29) is 5.91 Å². The topological polar surface area (TPSA) is 87.5 Å². The smallest absolute Gasteiger partial charge is 0.217 e. The van der Waals surface area contributed by atoms with E-state index >= 15 is 0 Å². The lowest BCUT2D eigenvalue weighted by atomic mass is 10.1. The summed E-state index contributed by atoms with van der Waals surface area (Å²) in [5, 5.41) is 6.92. The monoisotopic (exact) mass is 357 g/mol. The minimum atomic E-state index is -0.210. The number of nitrogens with two attached hydrogens (primary N) is 1. The van der Waals surface area contributed by atoms with Gasteiger partial charge in [-0.1, -0.05) is 0 Å². The predicted molar refractivity (Wildman–Crippen MR) is 101 cm³/mol. The van der Waals surface area contributed by atoms with E-state index in [4.69, 9.17) is 10.5 Å². The quantitative estimate of drug-likeness (QED) is 0.707. The van der Waals surface area contributed by atoms with Gasteiger partial charge in [-0.3, -0.25) is 14.8 Å². The number of H-pyrrole nitrogens is 1. The van der Waals surface area contributed by atoms with Crippen molar-refractivity contribution in [3.8, 4) is 17.0 Å². The molecule has 2 aromatic rings. The lowest BCUT2D eigenvalue weighted by Gasteiger charge is -2.34. The van der Waals surface area contributed by atoms with Gasteiger partial charge in [-0.05, 0) is 48.9 Å². The summed E-state index contributed by atoms with van der Waals surface area (Å²) in [6, 6.07) is 10.0. The van der Waals surface area contributed by atoms with E-state index in [2.05, 4.69) is 20.0 Å². The highest BCUT2D eigenvalue weighted by atomic mass is 16.5. The zero-order chi connectivity index (χ0) is 18.2. The number of aromatic amines is 1. The van der Waals surface area contributed by atoms with E-state index in [1.807, 2.05) is 30.3 Å². The summed E-state index contributed by atoms with van der Waals surface area (Å²) in [7, 11) is 0. The average molecular weight is 357 g/mol. The third-order valence-electron chi connectivity index (χ3n) is 4.70. The standard InChI is InChI=1S/C19H27N5O2/c20-19(25)2-1-9-23-10-12-24(13-11-23)14-15-26-17-5-3-16(4-6-17)18-7-8-21-22-18/h3-8H,1-2,9-15H2,(H2,20,25)(H,21,22). The predicted octanol–water partition coefficient (Wildman–Crippen LogP) is 1.34. The van der Waals surface area contributed by atoms with E-state index in [0.29, 0.717) is 13.0 Å². The third-order valence-corrected chi connectivity index (χ3v) is 4.70. The van der Waals surface area contributed by atoms with Crippen LogP contribution in [0, 0.1) is 0 Å². The Labute approximate surface area is 154 Å². The van der Waals surface area contributed by atoms with Gasteiger partial charge in [-0.25, -0.2) is 0 Å². The molecule has 0 spiro atoms. The van der Waals surface area contributed by atoms with Crippen molar-refractivity contribution in [2.24, 2.45) is 5.73 Å². The second-order valence-electron chi connectivity index (χ2n) is 6.60. The Bertz CT molecular complexity index is 664. The summed E-state index contributed by atoms with van der Waals surface area (Å²) >= 11 is 0. The molecule has 0 saturated carbocycles. The van der Waals surface area contributed by atoms with Crippen LogP contribution in [0.4, 0.5) is 0 Å². The molecule has 0 atom stereocenters. The van der Waals surface area contributed by atoms with Crippen molar-refractivity contribution < 1.29 is 9.53 Å². The van der Waals surface area contributed by atoms with Gasteiger partial charge < -0.3 is 15.4 Å². The van der Waals surface area contributed by atoms with Crippen molar-refractivity contribution in [3.05, 3.63) is 36.5 Å². The summed E-state index contributed by atoms with van der Waals surface area (Å²) in [5.74, 6) is 0.678. The number of nitrogens with zero attached hydrogens (tertiary/aromatic N) is 3. The number of carbonyl (C=O) groups excluding carboxylic acids is 1. The summed E-state index contributed by atoms with van der Waals surface area (Å²) in [5.41, 5.74) is 7.29. The van der Waals surface area contributed by atoms with Gasteiger partial charge in [0.25, 0.3) is 0 Å². The van der Waals surface area contributed by atoms with E-state index < -0.39 is 0 Å². The number of ether oxygens (including phenoxy) is 1. The largest absolute Gasteiger partial charge is 0.492 e. The van der Waals surface area contributed by atoms with E-state index in [1.54, 1.807) is 6.20 Å². The van der Waals surface area contributed by atoms with Crippen LogP contribution < -0.4 is 10.5 Å². The fourth-order valence-corrected chi connectivity index (χ4v) is 3.15. The minimum Gasteiger partial charge on any atom is -0.492 e. The van der Waals surface area contributed by atoms with Gasteiger partial charge in [0.2, 0.25) is 5.91 Å². The Morgan fingerprint density at radius 3 is 2.38 bits per heavy atom. The maximum atomic E-state index is 10.8. The van der Waals surface area contributed by atoms with Gasteiger partial charge in [0.05, 0.1) is 5.69 Å². The Hall–Kier alpha value is -2.38. The van der Waals surface area contributed by atoms with E-state index in [9.17, 15) is 4.79 Å². The van der Waals surface area contributed by atoms with Crippen molar-refractivity contribution in [2.75, 3.05) is 45.9 Å². The van der Waals surface area contributed by atoms with Crippen LogP contribution in [0.1, 0.15) is 12.8 Å². The summed E-state index contributed by atoms with van der Waals surface area (Å²) in [6.07, 6.45) is 3.08. The molecular formula is C19H27N5O2. The number of carbonyl (C=O) groups is 1. The van der Waals surface area contributed by atoms with Crippen molar-refractivity contribution in [2.45, 2.75) is 12.8 Å². The Morgan fingerprint density at radius 2 is 1.77 bits per heavy atom. The van der Waals surface area contributed by atoms with Crippen LogP contribution in [0.15, 0.2) is 36.5 Å². The molecule has 2 heterocycles. The van der Waals surface area contributed by atoms with Crippen LogP contribution in [0.3, 0.4) is 0 Å². The molecule has 0 aliphatic carbocycles. The van der Waals surface area contributed by atoms with Gasteiger partial charge in [0, 0.05) is 45.3 Å². The molecule has 3 rings (SSSR count). The number of nitrogens with one attached hydrogen (secondary N) is 1. The average Bonchev–Trinajstić information content (AvgIpc) is 3.18. The second-order valence-corrected chi connectivity index (χ2v) is 6.60. The molecule has 1 saturated heterocycles. The van der Waals surface area contributed by atoms with Gasteiger partial charge in [0.15, 0.2) is 0 Å². The first kappa shape index (κ1) is 18.4. The lowest BCUT2D eigenvalue weighted by molar-refractivity contribution is -0.118. The van der Waals surface area contributed by atoms with Crippen LogP contribution >= 0.6 is 0 Å². The molecule has 1 aromatic heterocycles. The number of primary amides is 1. The molecule has 3 N–H and O–H groups in total. The fraction of sp³-hybridized carbons (Fsp3) is 0.474. The second kappa shape index (κ2) is 9.35. The van der Waals surface area contributed by atoms with Gasteiger partial charge in [-0.15, -0.1) is 0 Å². The lowest BCUT2D eigenvalue weighted by Crippen LogP contribution is -2.47. The highest BCUT2D eigenvalue weighted by Gasteiger charge is 2.16. The molecule has 140 valence electrons. The number of benzene rings is 1. The maximum Gasteiger partial charge on any atom is 0.217 e. The van der Waals surface area contributed by atoms with Crippen LogP contribution in [0.2, 0.25) is 0 Å². The summed E-state index contributed by atoms with van der Waals surface area (Å²) in [6.45, 7) is 6.73. The molecule has 0 radical (unpaired) electrons. The zero-order valence-electron chi connectivity index (χ0n) is 15.1. The zero-order valence-corrected chi connectivity index (χ0v) is 15.1. The summed E-state index contributed by atoms with van der Waals surface area (Å²) < 4.78 is 5.87. The van der Waals surface area contributed by atoms with Crippen LogP contribution in [0.5, 0.6) is 5.75 Å². The molecular weight excluding hydrogens is 330 g/mol. The fourth-order valence-electron chi connectivity index (χ4n) is 3.15. The number of piperazine rings is 1. The Morgan fingerprint density at radius 1 is 1.08 bits per heavy atom. The SMILES string of the molecule is NC(=O)CCCN1CCN(CCOc2ccc(-c3ccn[nH]3)cc2)CC1. The highest BCUT2D eigenvalue weighted by Crippen LogP contribution is 2.20. The van der Waals surface area contributed by atoms with Crippen molar-refractivity contribution in [1.82, 2.24) is 20.0 Å². The molecule has 7 heteroatoms. The molecule has 1 fully saturated rings. The molecule has 7 nitrogen and oxygen atoms in total.